The highest BCUT2D eigenvalue weighted by Gasteiger charge is 2.73. The van der Waals surface area contributed by atoms with Gasteiger partial charge >= 0.3 is 18.3 Å². The number of carbonyl (C=O) groups is 1. The van der Waals surface area contributed by atoms with E-state index in [-0.39, 0.29) is 13.3 Å². The van der Waals surface area contributed by atoms with Crippen molar-refractivity contribution in [3.8, 4) is 0 Å². The van der Waals surface area contributed by atoms with Crippen molar-refractivity contribution in [2.75, 3.05) is 0 Å². The Labute approximate surface area is 93.9 Å². The van der Waals surface area contributed by atoms with Gasteiger partial charge in [0.2, 0.25) is 0 Å². The molecule has 1 atom stereocenters. The number of hydrogen-bond donors (Lipinski definition) is 0. The first-order chi connectivity index (χ1) is 7.38. The average Bonchev–Trinajstić information content (AvgIpc) is 2.12. The molecule has 0 bridgehead atoms. The summed E-state index contributed by atoms with van der Waals surface area (Å²) in [5, 5.41) is 0. The normalized spacial score (nSPS) is 15.6. The lowest BCUT2D eigenvalue weighted by atomic mass is 9.89. The molecule has 0 aliphatic heterocycles. The van der Waals surface area contributed by atoms with E-state index in [1.54, 1.807) is 0 Å². The molecule has 0 aliphatic rings. The molecule has 0 aromatic carbocycles. The maximum Gasteiger partial charge on any atom is 0.413 e. The molecular weight excluding hydrogens is 254 g/mol. The molecule has 0 spiro atoms. The Morgan fingerprint density at radius 2 is 1.47 bits per heavy atom. The molecule has 0 fully saturated rings. The molecular formula is C9H12F6O2. The molecule has 2 nitrogen and oxygen atoms in total. The van der Waals surface area contributed by atoms with E-state index in [1.165, 1.54) is 13.8 Å². The minimum Gasteiger partial charge on any atom is -0.462 e. The number of esters is 1. The van der Waals surface area contributed by atoms with Crippen molar-refractivity contribution in [1.29, 1.82) is 0 Å². The smallest absolute Gasteiger partial charge is 0.413 e. The number of carbonyl (C=O) groups excluding carboxylic acids is 1. The lowest BCUT2D eigenvalue weighted by Crippen LogP contribution is -2.54. The average molecular weight is 266 g/mol. The van der Waals surface area contributed by atoms with Gasteiger partial charge < -0.3 is 4.74 Å². The fourth-order valence-corrected chi connectivity index (χ4v) is 0.776. The SMILES string of the molecule is CC[C@H](C)OC(=O)C(C)(C(F)(F)F)C(F)(F)F. The second-order valence-corrected chi connectivity index (χ2v) is 3.74. The Morgan fingerprint density at radius 3 is 1.71 bits per heavy atom. The molecule has 0 rings (SSSR count). The van der Waals surface area contributed by atoms with Crippen LogP contribution in [0.25, 0.3) is 0 Å². The number of halogens is 6. The minimum atomic E-state index is -5.75. The summed E-state index contributed by atoms with van der Waals surface area (Å²) < 4.78 is 78.4. The van der Waals surface area contributed by atoms with E-state index in [1.807, 2.05) is 0 Å². The topological polar surface area (TPSA) is 26.3 Å². The van der Waals surface area contributed by atoms with Crippen LogP contribution in [-0.2, 0) is 9.53 Å². The van der Waals surface area contributed by atoms with Crippen LogP contribution >= 0.6 is 0 Å². The van der Waals surface area contributed by atoms with E-state index in [4.69, 9.17) is 0 Å². The van der Waals surface area contributed by atoms with E-state index in [2.05, 4.69) is 4.74 Å². The summed E-state index contributed by atoms with van der Waals surface area (Å²) in [4.78, 5) is 11.1. The lowest BCUT2D eigenvalue weighted by Gasteiger charge is -2.32. The van der Waals surface area contributed by atoms with Gasteiger partial charge in [0.05, 0.1) is 6.10 Å². The van der Waals surface area contributed by atoms with E-state index in [0.29, 0.717) is 0 Å². The van der Waals surface area contributed by atoms with Crippen LogP contribution in [0.3, 0.4) is 0 Å². The van der Waals surface area contributed by atoms with Gasteiger partial charge in [-0.2, -0.15) is 26.3 Å². The standard InChI is InChI=1S/C9H12F6O2/c1-4-5(2)17-6(16)7(3,8(10,11)12)9(13,14)15/h5H,4H2,1-3H3/t5-/m0/s1. The Hall–Kier alpha value is -0.950. The third-order valence-corrected chi connectivity index (χ3v) is 2.43. The molecule has 0 aromatic rings. The Balaban J connectivity index is 5.30. The van der Waals surface area contributed by atoms with Gasteiger partial charge in [-0.3, -0.25) is 4.79 Å². The molecule has 17 heavy (non-hydrogen) atoms. The number of hydrogen-bond acceptors (Lipinski definition) is 2. The first-order valence-electron chi connectivity index (χ1n) is 4.72. The Kier molecular flexibility index (Phi) is 4.47. The van der Waals surface area contributed by atoms with Gasteiger partial charge in [-0.25, -0.2) is 0 Å². The molecule has 0 unspecified atom stereocenters. The monoisotopic (exact) mass is 266 g/mol. The van der Waals surface area contributed by atoms with Crippen molar-refractivity contribution in [1.82, 2.24) is 0 Å². The second-order valence-electron chi connectivity index (χ2n) is 3.74. The summed E-state index contributed by atoms with van der Waals surface area (Å²) >= 11 is 0. The predicted octanol–water partition coefficient (Wildman–Crippen LogP) is 3.46. The molecule has 8 heteroatoms. The predicted molar refractivity (Wildman–Crippen MR) is 46.1 cm³/mol. The molecule has 0 saturated heterocycles. The molecule has 0 amide bonds. The van der Waals surface area contributed by atoms with Gasteiger partial charge in [0.15, 0.2) is 0 Å². The van der Waals surface area contributed by atoms with Gasteiger partial charge in [-0.15, -0.1) is 0 Å². The highest BCUT2D eigenvalue weighted by molar-refractivity contribution is 5.78. The molecule has 102 valence electrons. The maximum atomic E-state index is 12.4. The van der Waals surface area contributed by atoms with Crippen LogP contribution in [0.5, 0.6) is 0 Å². The van der Waals surface area contributed by atoms with E-state index in [0.717, 1.165) is 0 Å². The van der Waals surface area contributed by atoms with Crippen LogP contribution in [0.4, 0.5) is 26.3 Å². The third kappa shape index (κ3) is 3.04. The summed E-state index contributed by atoms with van der Waals surface area (Å²) in [5.74, 6) is -2.33. The van der Waals surface area contributed by atoms with Crippen LogP contribution in [0, 0.1) is 5.41 Å². The van der Waals surface area contributed by atoms with Crippen LogP contribution in [0.15, 0.2) is 0 Å². The molecule has 0 radical (unpaired) electrons. The molecule has 0 saturated carbocycles. The highest BCUT2D eigenvalue weighted by atomic mass is 19.4. The van der Waals surface area contributed by atoms with Crippen LogP contribution in [0.1, 0.15) is 27.2 Å². The third-order valence-electron chi connectivity index (χ3n) is 2.43. The highest BCUT2D eigenvalue weighted by Crippen LogP contribution is 2.50. The van der Waals surface area contributed by atoms with Crippen molar-refractivity contribution in [3.05, 3.63) is 0 Å². The van der Waals surface area contributed by atoms with Gasteiger partial charge in [-0.05, 0) is 20.3 Å². The van der Waals surface area contributed by atoms with Crippen molar-refractivity contribution in [2.45, 2.75) is 45.6 Å². The molecule has 0 heterocycles. The molecule has 0 aliphatic carbocycles. The fraction of sp³-hybridized carbons (Fsp3) is 0.889. The summed E-state index contributed by atoms with van der Waals surface area (Å²) in [6.45, 7) is 2.46. The van der Waals surface area contributed by atoms with Crippen molar-refractivity contribution in [3.63, 3.8) is 0 Å². The quantitative estimate of drug-likeness (QED) is 0.577. The second kappa shape index (κ2) is 4.73. The van der Waals surface area contributed by atoms with E-state index < -0.39 is 29.8 Å². The number of rotatable bonds is 3. The summed E-state index contributed by atoms with van der Waals surface area (Å²) in [6.07, 6.45) is -12.4. The van der Waals surface area contributed by atoms with Crippen LogP contribution < -0.4 is 0 Å². The Morgan fingerprint density at radius 1 is 1.12 bits per heavy atom. The first-order valence-corrected chi connectivity index (χ1v) is 4.72. The maximum absolute atomic E-state index is 12.4. The fourth-order valence-electron chi connectivity index (χ4n) is 0.776. The lowest BCUT2D eigenvalue weighted by molar-refractivity contribution is -0.327. The van der Waals surface area contributed by atoms with Gasteiger partial charge in [-0.1, -0.05) is 6.92 Å². The van der Waals surface area contributed by atoms with Crippen LogP contribution in [0.2, 0.25) is 0 Å². The summed E-state index contributed by atoms with van der Waals surface area (Å²) in [5.41, 5.74) is -4.50. The number of ether oxygens (including phenoxy) is 1. The minimum absolute atomic E-state index is 0.123. The van der Waals surface area contributed by atoms with Crippen molar-refractivity contribution >= 4 is 5.97 Å². The number of alkyl halides is 6. The zero-order valence-electron chi connectivity index (χ0n) is 9.37. The van der Waals surface area contributed by atoms with E-state index >= 15 is 0 Å². The summed E-state index contributed by atoms with van der Waals surface area (Å²) in [6, 6.07) is 0. The van der Waals surface area contributed by atoms with Crippen molar-refractivity contribution < 1.29 is 35.9 Å². The van der Waals surface area contributed by atoms with Gasteiger partial charge in [0, 0.05) is 0 Å². The zero-order valence-corrected chi connectivity index (χ0v) is 9.37. The zero-order chi connectivity index (χ0) is 14.1. The Bertz CT molecular complexity index is 266. The summed E-state index contributed by atoms with van der Waals surface area (Å²) in [7, 11) is 0. The molecule has 0 N–H and O–H groups in total. The molecule has 0 aromatic heterocycles. The van der Waals surface area contributed by atoms with Gasteiger partial charge in [0.25, 0.3) is 5.41 Å². The van der Waals surface area contributed by atoms with Gasteiger partial charge in [0.1, 0.15) is 0 Å². The van der Waals surface area contributed by atoms with Crippen LogP contribution in [-0.4, -0.2) is 24.4 Å². The van der Waals surface area contributed by atoms with Crippen molar-refractivity contribution in [2.24, 2.45) is 5.41 Å². The largest absolute Gasteiger partial charge is 0.462 e. The first kappa shape index (κ1) is 16.1. The van der Waals surface area contributed by atoms with E-state index in [9.17, 15) is 31.1 Å².